The van der Waals surface area contributed by atoms with Crippen molar-refractivity contribution in [1.82, 2.24) is 9.97 Å². The van der Waals surface area contributed by atoms with Gasteiger partial charge in [-0.05, 0) is 12.1 Å². The van der Waals surface area contributed by atoms with Gasteiger partial charge in [-0.3, -0.25) is 4.79 Å². The van der Waals surface area contributed by atoms with Crippen molar-refractivity contribution in [2.45, 2.75) is 26.3 Å². The van der Waals surface area contributed by atoms with E-state index in [1.54, 1.807) is 0 Å². The Balaban J connectivity index is 1.84. The Morgan fingerprint density at radius 2 is 1.95 bits per heavy atom. The summed E-state index contributed by atoms with van der Waals surface area (Å²) < 4.78 is 2.10. The molecule has 0 bridgehead atoms. The van der Waals surface area contributed by atoms with Crippen LogP contribution >= 0.6 is 0 Å². The zero-order chi connectivity index (χ0) is 14.7. The van der Waals surface area contributed by atoms with Crippen LogP contribution in [0.3, 0.4) is 0 Å². The molecule has 0 aliphatic carbocycles. The number of pyridine rings is 1. The predicted molar refractivity (Wildman–Crippen MR) is 81.1 cm³/mol. The minimum Gasteiger partial charge on any atom is -0.335 e. The van der Waals surface area contributed by atoms with E-state index in [4.69, 9.17) is 0 Å². The number of H-pyrrole nitrogens is 1. The van der Waals surface area contributed by atoms with Gasteiger partial charge in [-0.25, -0.2) is 9.55 Å². The average Bonchev–Trinajstić information content (AvgIpc) is 2.96. The molecule has 0 atom stereocenters. The van der Waals surface area contributed by atoms with Crippen molar-refractivity contribution in [1.29, 1.82) is 0 Å². The van der Waals surface area contributed by atoms with E-state index >= 15 is 0 Å². The SMILES string of the molecule is CCCC[n+]1ccc(C(=O)c2nc3ccccc3[nH]2)cc1. The summed E-state index contributed by atoms with van der Waals surface area (Å²) in [6.07, 6.45) is 6.20. The van der Waals surface area contributed by atoms with Crippen molar-refractivity contribution in [2.75, 3.05) is 0 Å². The number of aromatic nitrogens is 3. The summed E-state index contributed by atoms with van der Waals surface area (Å²) in [5.74, 6) is 0.316. The second-order valence-corrected chi connectivity index (χ2v) is 5.11. The van der Waals surface area contributed by atoms with Crippen molar-refractivity contribution in [3.63, 3.8) is 0 Å². The number of aromatic amines is 1. The molecule has 0 spiro atoms. The number of rotatable bonds is 5. The molecule has 0 aliphatic heterocycles. The zero-order valence-electron chi connectivity index (χ0n) is 12.0. The summed E-state index contributed by atoms with van der Waals surface area (Å²) in [4.78, 5) is 19.9. The molecule has 4 heteroatoms. The lowest BCUT2D eigenvalue weighted by molar-refractivity contribution is -0.697. The van der Waals surface area contributed by atoms with Crippen LogP contribution in [0.5, 0.6) is 0 Å². The quantitative estimate of drug-likeness (QED) is 0.577. The monoisotopic (exact) mass is 280 g/mol. The Labute approximate surface area is 123 Å². The number of fused-ring (bicyclic) bond motifs is 1. The highest BCUT2D eigenvalue weighted by molar-refractivity contribution is 6.07. The van der Waals surface area contributed by atoms with Crippen molar-refractivity contribution in [3.05, 3.63) is 60.2 Å². The van der Waals surface area contributed by atoms with Crippen LogP contribution in [0.1, 0.15) is 35.9 Å². The fraction of sp³-hybridized carbons (Fsp3) is 0.235. The first-order valence-corrected chi connectivity index (χ1v) is 7.26. The lowest BCUT2D eigenvalue weighted by Gasteiger charge is -1.98. The highest BCUT2D eigenvalue weighted by Crippen LogP contribution is 2.13. The van der Waals surface area contributed by atoms with Gasteiger partial charge in [-0.2, -0.15) is 0 Å². The van der Waals surface area contributed by atoms with Gasteiger partial charge in [0.25, 0.3) is 0 Å². The molecule has 0 fully saturated rings. The molecule has 0 unspecified atom stereocenters. The first-order valence-electron chi connectivity index (χ1n) is 7.26. The number of unbranched alkanes of at least 4 members (excludes halogenated alkanes) is 1. The summed E-state index contributed by atoms with van der Waals surface area (Å²) in [6, 6.07) is 11.4. The molecular formula is C17H18N3O+. The van der Waals surface area contributed by atoms with Gasteiger partial charge in [-0.15, -0.1) is 0 Å². The minimum atomic E-state index is -0.0751. The van der Waals surface area contributed by atoms with Crippen LogP contribution in [-0.4, -0.2) is 15.8 Å². The largest absolute Gasteiger partial charge is 0.335 e. The highest BCUT2D eigenvalue weighted by Gasteiger charge is 2.15. The summed E-state index contributed by atoms with van der Waals surface area (Å²) in [6.45, 7) is 3.15. The Kier molecular flexibility index (Phi) is 3.77. The topological polar surface area (TPSA) is 49.6 Å². The van der Waals surface area contributed by atoms with Crippen LogP contribution in [-0.2, 0) is 6.54 Å². The van der Waals surface area contributed by atoms with Crippen molar-refractivity contribution < 1.29 is 9.36 Å². The molecule has 2 heterocycles. The summed E-state index contributed by atoms with van der Waals surface area (Å²) >= 11 is 0. The van der Waals surface area contributed by atoms with Crippen LogP contribution in [0.2, 0.25) is 0 Å². The van der Waals surface area contributed by atoms with E-state index in [9.17, 15) is 4.79 Å². The maximum atomic E-state index is 12.4. The fourth-order valence-electron chi connectivity index (χ4n) is 2.30. The lowest BCUT2D eigenvalue weighted by atomic mass is 10.1. The van der Waals surface area contributed by atoms with Crippen molar-refractivity contribution in [3.8, 4) is 0 Å². The number of para-hydroxylation sites is 2. The number of nitrogens with zero attached hydrogens (tertiary/aromatic N) is 2. The van der Waals surface area contributed by atoms with Gasteiger partial charge in [0.05, 0.1) is 11.0 Å². The number of aryl methyl sites for hydroxylation is 1. The minimum absolute atomic E-state index is 0.0751. The lowest BCUT2D eigenvalue weighted by Crippen LogP contribution is -2.32. The van der Waals surface area contributed by atoms with Gasteiger partial charge >= 0.3 is 0 Å². The second kappa shape index (κ2) is 5.87. The normalized spacial score (nSPS) is 10.9. The third kappa shape index (κ3) is 2.84. The first kappa shape index (κ1) is 13.5. The molecule has 21 heavy (non-hydrogen) atoms. The van der Waals surface area contributed by atoms with E-state index in [1.165, 1.54) is 0 Å². The number of benzene rings is 1. The zero-order valence-corrected chi connectivity index (χ0v) is 12.0. The van der Waals surface area contributed by atoms with Crippen LogP contribution in [0.15, 0.2) is 48.8 Å². The number of nitrogens with one attached hydrogen (secondary N) is 1. The Morgan fingerprint density at radius 3 is 2.67 bits per heavy atom. The standard InChI is InChI=1S/C17H17N3O/c1-2-3-10-20-11-8-13(9-12-20)16(21)17-18-14-6-4-5-7-15(14)19-17/h4-9,11-12H,2-3,10H2,1H3/p+1. The molecule has 1 N–H and O–H groups in total. The van der Waals surface area contributed by atoms with Gasteiger partial charge in [0.2, 0.25) is 5.78 Å². The van der Waals surface area contributed by atoms with E-state index in [1.807, 2.05) is 48.8 Å². The van der Waals surface area contributed by atoms with E-state index in [-0.39, 0.29) is 5.78 Å². The van der Waals surface area contributed by atoms with Gasteiger partial charge in [0.15, 0.2) is 18.2 Å². The van der Waals surface area contributed by atoms with E-state index in [0.717, 1.165) is 30.4 Å². The van der Waals surface area contributed by atoms with E-state index in [0.29, 0.717) is 11.4 Å². The molecule has 0 saturated heterocycles. The van der Waals surface area contributed by atoms with Gasteiger partial charge in [-0.1, -0.05) is 25.5 Å². The van der Waals surface area contributed by atoms with Crippen LogP contribution < -0.4 is 4.57 Å². The smallest absolute Gasteiger partial charge is 0.228 e. The summed E-state index contributed by atoms with van der Waals surface area (Å²) in [5.41, 5.74) is 2.35. The highest BCUT2D eigenvalue weighted by atomic mass is 16.1. The predicted octanol–water partition coefficient (Wildman–Crippen LogP) is 2.88. The van der Waals surface area contributed by atoms with E-state index < -0.39 is 0 Å². The van der Waals surface area contributed by atoms with Crippen LogP contribution in [0.4, 0.5) is 0 Å². The molecule has 0 aliphatic rings. The molecule has 2 aromatic heterocycles. The number of ketones is 1. The Bertz CT molecular complexity index is 726. The molecule has 1 aromatic carbocycles. The van der Waals surface area contributed by atoms with Gasteiger partial charge in [0.1, 0.15) is 6.54 Å². The molecule has 3 rings (SSSR count). The number of carbonyl (C=O) groups is 1. The fourth-order valence-corrected chi connectivity index (χ4v) is 2.30. The number of hydrogen-bond acceptors (Lipinski definition) is 2. The number of imidazole rings is 1. The second-order valence-electron chi connectivity index (χ2n) is 5.11. The van der Waals surface area contributed by atoms with E-state index in [2.05, 4.69) is 21.5 Å². The molecule has 4 nitrogen and oxygen atoms in total. The molecule has 3 aromatic rings. The number of hydrogen-bond donors (Lipinski definition) is 1. The maximum Gasteiger partial charge on any atom is 0.228 e. The van der Waals surface area contributed by atoms with Crippen LogP contribution in [0.25, 0.3) is 11.0 Å². The number of carbonyl (C=O) groups excluding carboxylic acids is 1. The maximum absolute atomic E-state index is 12.4. The third-order valence-corrected chi connectivity index (χ3v) is 3.53. The molecule has 106 valence electrons. The Morgan fingerprint density at radius 1 is 1.19 bits per heavy atom. The Hall–Kier alpha value is -2.49. The van der Waals surface area contributed by atoms with Gasteiger partial charge in [0, 0.05) is 24.1 Å². The van der Waals surface area contributed by atoms with Crippen LogP contribution in [0, 0.1) is 0 Å². The van der Waals surface area contributed by atoms with Crippen molar-refractivity contribution in [2.24, 2.45) is 0 Å². The van der Waals surface area contributed by atoms with Crippen molar-refractivity contribution >= 4 is 16.8 Å². The van der Waals surface area contributed by atoms with Gasteiger partial charge < -0.3 is 4.98 Å². The average molecular weight is 280 g/mol. The molecule has 0 amide bonds. The summed E-state index contributed by atoms with van der Waals surface area (Å²) in [5, 5.41) is 0. The molecule has 0 saturated carbocycles. The molecular weight excluding hydrogens is 262 g/mol. The third-order valence-electron chi connectivity index (χ3n) is 3.53. The molecule has 0 radical (unpaired) electrons. The summed E-state index contributed by atoms with van der Waals surface area (Å²) in [7, 11) is 0. The first-order chi connectivity index (χ1) is 10.3.